The smallest absolute Gasteiger partial charge is 0.160 e. The number of furan rings is 1. The summed E-state index contributed by atoms with van der Waals surface area (Å²) in [7, 11) is 0. The molecule has 0 saturated heterocycles. The molecule has 0 fully saturated rings. The lowest BCUT2D eigenvalue weighted by atomic mass is 9.93. The van der Waals surface area contributed by atoms with E-state index in [-0.39, 0.29) is 0 Å². The molecular weight excluding hydrogens is 621 g/mol. The van der Waals surface area contributed by atoms with Gasteiger partial charge in [-0.1, -0.05) is 146 Å². The summed E-state index contributed by atoms with van der Waals surface area (Å²) >= 11 is 0. The van der Waals surface area contributed by atoms with Gasteiger partial charge in [0.1, 0.15) is 11.2 Å². The van der Waals surface area contributed by atoms with Crippen LogP contribution < -0.4 is 0 Å². The number of para-hydroxylation sites is 1. The van der Waals surface area contributed by atoms with Crippen LogP contribution in [0.1, 0.15) is 0 Å². The monoisotopic (exact) mass is 650 g/mol. The van der Waals surface area contributed by atoms with Gasteiger partial charge in [-0.3, -0.25) is 0 Å². The van der Waals surface area contributed by atoms with Gasteiger partial charge in [0.15, 0.2) is 5.82 Å². The zero-order valence-electron chi connectivity index (χ0n) is 27.6. The molecule has 0 spiro atoms. The maximum Gasteiger partial charge on any atom is 0.160 e. The summed E-state index contributed by atoms with van der Waals surface area (Å²) in [5.41, 5.74) is 11.5. The molecule has 51 heavy (non-hydrogen) atoms. The Bertz CT molecular complexity index is 2910. The van der Waals surface area contributed by atoms with Crippen molar-refractivity contribution in [2.24, 2.45) is 0 Å². The molecular formula is C48H30N2O. The van der Waals surface area contributed by atoms with Gasteiger partial charge in [0, 0.05) is 27.5 Å². The molecule has 0 amide bonds. The first-order chi connectivity index (χ1) is 25.2. The van der Waals surface area contributed by atoms with Crippen LogP contribution >= 0.6 is 0 Å². The number of hydrogen-bond acceptors (Lipinski definition) is 3. The molecule has 10 rings (SSSR count). The molecule has 238 valence electrons. The fraction of sp³-hybridized carbons (Fsp3) is 0. The topological polar surface area (TPSA) is 38.9 Å². The van der Waals surface area contributed by atoms with Crippen LogP contribution in [0.15, 0.2) is 186 Å². The van der Waals surface area contributed by atoms with E-state index in [0.717, 1.165) is 60.8 Å². The van der Waals surface area contributed by atoms with E-state index in [1.807, 2.05) is 30.3 Å². The van der Waals surface area contributed by atoms with Crippen molar-refractivity contribution >= 4 is 43.5 Å². The molecule has 0 N–H and O–H groups in total. The molecule has 3 nitrogen and oxygen atoms in total. The van der Waals surface area contributed by atoms with E-state index in [9.17, 15) is 0 Å². The highest BCUT2D eigenvalue weighted by atomic mass is 16.3. The Morgan fingerprint density at radius 3 is 1.65 bits per heavy atom. The lowest BCUT2D eigenvalue weighted by molar-refractivity contribution is 0.669. The van der Waals surface area contributed by atoms with Crippen molar-refractivity contribution in [3.8, 4) is 56.2 Å². The molecule has 0 radical (unpaired) electrons. The predicted octanol–water partition coefficient (Wildman–Crippen LogP) is 13.0. The van der Waals surface area contributed by atoms with Gasteiger partial charge in [-0.05, 0) is 80.2 Å². The summed E-state index contributed by atoms with van der Waals surface area (Å²) < 4.78 is 6.08. The Kier molecular flexibility index (Phi) is 6.81. The van der Waals surface area contributed by atoms with Gasteiger partial charge < -0.3 is 4.42 Å². The summed E-state index contributed by atoms with van der Waals surface area (Å²) in [6.45, 7) is 0. The van der Waals surface area contributed by atoms with Crippen molar-refractivity contribution in [1.82, 2.24) is 9.97 Å². The molecule has 2 heterocycles. The third-order valence-electron chi connectivity index (χ3n) is 9.89. The van der Waals surface area contributed by atoms with Crippen molar-refractivity contribution in [3.63, 3.8) is 0 Å². The first-order valence-electron chi connectivity index (χ1n) is 17.2. The van der Waals surface area contributed by atoms with E-state index in [2.05, 4.69) is 152 Å². The largest absolute Gasteiger partial charge is 0.456 e. The minimum Gasteiger partial charge on any atom is -0.456 e. The van der Waals surface area contributed by atoms with Crippen molar-refractivity contribution < 1.29 is 4.42 Å². The average molecular weight is 651 g/mol. The normalized spacial score (nSPS) is 11.5. The Balaban J connectivity index is 1.08. The third kappa shape index (κ3) is 5.15. The van der Waals surface area contributed by atoms with Gasteiger partial charge >= 0.3 is 0 Å². The quantitative estimate of drug-likeness (QED) is 0.186. The van der Waals surface area contributed by atoms with E-state index in [0.29, 0.717) is 5.82 Å². The first kappa shape index (κ1) is 29.1. The predicted molar refractivity (Wildman–Crippen MR) is 212 cm³/mol. The van der Waals surface area contributed by atoms with Gasteiger partial charge in [0.05, 0.1) is 11.4 Å². The number of hydrogen-bond donors (Lipinski definition) is 0. The summed E-state index contributed by atoms with van der Waals surface area (Å²) in [6.07, 6.45) is 0. The number of rotatable bonds is 5. The van der Waals surface area contributed by atoms with Crippen LogP contribution in [-0.2, 0) is 0 Å². The Morgan fingerprint density at radius 1 is 0.314 bits per heavy atom. The standard InChI is InChI=1S/C48H30N2O/c1-3-11-31(12-4-1)38-24-25-41(40-16-8-7-15-39(38)40)45-30-44(49-48(50-45)32-13-5-2-6-14-32)37-22-21-33-27-34(19-20-35(33)28-37)36-23-26-47-43(29-36)42-17-9-10-18-46(42)51-47/h1-30H. The molecule has 0 saturated carbocycles. The van der Waals surface area contributed by atoms with E-state index < -0.39 is 0 Å². The molecule has 2 aromatic heterocycles. The van der Waals surface area contributed by atoms with Gasteiger partial charge in [-0.15, -0.1) is 0 Å². The molecule has 0 aliphatic heterocycles. The van der Waals surface area contributed by atoms with Crippen LogP contribution in [0.25, 0.3) is 99.6 Å². The zero-order chi connectivity index (χ0) is 33.7. The van der Waals surface area contributed by atoms with Crippen LogP contribution in [-0.4, -0.2) is 9.97 Å². The minimum absolute atomic E-state index is 0.705. The molecule has 0 unspecified atom stereocenters. The minimum atomic E-state index is 0.705. The third-order valence-corrected chi connectivity index (χ3v) is 9.89. The lowest BCUT2D eigenvalue weighted by Gasteiger charge is -2.14. The highest BCUT2D eigenvalue weighted by molar-refractivity contribution is 6.07. The van der Waals surface area contributed by atoms with Crippen LogP contribution in [0.3, 0.4) is 0 Å². The molecule has 3 heteroatoms. The number of fused-ring (bicyclic) bond motifs is 5. The maximum atomic E-state index is 6.08. The first-order valence-corrected chi connectivity index (χ1v) is 17.2. The zero-order valence-corrected chi connectivity index (χ0v) is 27.6. The van der Waals surface area contributed by atoms with Gasteiger partial charge in [-0.2, -0.15) is 0 Å². The number of benzene rings is 8. The SMILES string of the molecule is c1ccc(-c2nc(-c3ccc4cc(-c5ccc6oc7ccccc7c6c5)ccc4c3)cc(-c3ccc(-c4ccccc4)c4ccccc34)n2)cc1. The van der Waals surface area contributed by atoms with Crippen LogP contribution in [0, 0.1) is 0 Å². The fourth-order valence-corrected chi connectivity index (χ4v) is 7.33. The number of nitrogens with zero attached hydrogens (tertiary/aromatic N) is 2. The molecule has 0 atom stereocenters. The van der Waals surface area contributed by atoms with E-state index in [4.69, 9.17) is 14.4 Å². The molecule has 0 aliphatic carbocycles. The highest BCUT2D eigenvalue weighted by Crippen LogP contribution is 2.38. The number of aromatic nitrogens is 2. The van der Waals surface area contributed by atoms with Crippen molar-refractivity contribution in [3.05, 3.63) is 182 Å². The second-order valence-corrected chi connectivity index (χ2v) is 13.0. The van der Waals surface area contributed by atoms with E-state index >= 15 is 0 Å². The van der Waals surface area contributed by atoms with Gasteiger partial charge in [0.2, 0.25) is 0 Å². The average Bonchev–Trinajstić information content (AvgIpc) is 3.58. The highest BCUT2D eigenvalue weighted by Gasteiger charge is 2.15. The van der Waals surface area contributed by atoms with Gasteiger partial charge in [-0.25, -0.2) is 9.97 Å². The van der Waals surface area contributed by atoms with Gasteiger partial charge in [0.25, 0.3) is 0 Å². The Morgan fingerprint density at radius 2 is 0.863 bits per heavy atom. The summed E-state index contributed by atoms with van der Waals surface area (Å²) in [6, 6.07) is 64.0. The molecule has 0 bridgehead atoms. The van der Waals surface area contributed by atoms with Crippen LogP contribution in [0.5, 0.6) is 0 Å². The Hall–Kier alpha value is -6.84. The van der Waals surface area contributed by atoms with Crippen LogP contribution in [0.4, 0.5) is 0 Å². The molecule has 8 aromatic carbocycles. The van der Waals surface area contributed by atoms with Crippen molar-refractivity contribution in [2.45, 2.75) is 0 Å². The molecule has 10 aromatic rings. The summed E-state index contributed by atoms with van der Waals surface area (Å²) in [5, 5.41) is 6.96. The summed E-state index contributed by atoms with van der Waals surface area (Å²) in [5.74, 6) is 0.705. The van der Waals surface area contributed by atoms with Crippen molar-refractivity contribution in [2.75, 3.05) is 0 Å². The second kappa shape index (κ2) is 11.9. The Labute approximate surface area is 295 Å². The van der Waals surface area contributed by atoms with Crippen molar-refractivity contribution in [1.29, 1.82) is 0 Å². The van der Waals surface area contributed by atoms with E-state index in [1.165, 1.54) is 33.0 Å². The summed E-state index contributed by atoms with van der Waals surface area (Å²) in [4.78, 5) is 10.3. The lowest BCUT2D eigenvalue weighted by Crippen LogP contribution is -1.97. The van der Waals surface area contributed by atoms with E-state index in [1.54, 1.807) is 0 Å². The van der Waals surface area contributed by atoms with Crippen LogP contribution in [0.2, 0.25) is 0 Å². The molecule has 0 aliphatic rings. The maximum absolute atomic E-state index is 6.08. The second-order valence-electron chi connectivity index (χ2n) is 13.0. The fourth-order valence-electron chi connectivity index (χ4n) is 7.33.